The van der Waals surface area contributed by atoms with E-state index in [2.05, 4.69) is 0 Å². The van der Waals surface area contributed by atoms with Crippen molar-refractivity contribution in [2.45, 2.75) is 31.4 Å². The lowest BCUT2D eigenvalue weighted by molar-refractivity contribution is 0.152. The molecule has 1 aliphatic rings. The summed E-state index contributed by atoms with van der Waals surface area (Å²) in [5.74, 6) is 0.626. The van der Waals surface area contributed by atoms with E-state index < -0.39 is 14.6 Å². The zero-order valence-electron chi connectivity index (χ0n) is 10.4. The molecule has 0 aromatic rings. The van der Waals surface area contributed by atoms with E-state index in [1.165, 1.54) is 0 Å². The zero-order valence-corrected chi connectivity index (χ0v) is 11.2. The highest BCUT2D eigenvalue weighted by molar-refractivity contribution is 7.92. The minimum Gasteiger partial charge on any atom is -0.384 e. The number of rotatable bonds is 5. The summed E-state index contributed by atoms with van der Waals surface area (Å²) in [7, 11) is -1.44. The van der Waals surface area contributed by atoms with E-state index in [4.69, 9.17) is 10.5 Å². The van der Waals surface area contributed by atoms with Gasteiger partial charge in [0.1, 0.15) is 0 Å². The van der Waals surface area contributed by atoms with Crippen molar-refractivity contribution in [3.8, 4) is 0 Å². The lowest BCUT2D eigenvalue weighted by Crippen LogP contribution is -2.48. The van der Waals surface area contributed by atoms with Crippen LogP contribution in [0.1, 0.15) is 26.7 Å². The van der Waals surface area contributed by atoms with E-state index >= 15 is 0 Å². The fraction of sp³-hybridized carbons (Fsp3) is 1.00. The Morgan fingerprint density at radius 3 is 2.56 bits per heavy atom. The first-order valence-corrected chi connectivity index (χ1v) is 7.50. The number of methoxy groups -OCH3 is 1. The summed E-state index contributed by atoms with van der Waals surface area (Å²) < 4.78 is 28.8. The molecule has 2 N–H and O–H groups in total. The van der Waals surface area contributed by atoms with Crippen LogP contribution >= 0.6 is 0 Å². The highest BCUT2D eigenvalue weighted by atomic mass is 32.2. The molecule has 4 nitrogen and oxygen atoms in total. The Kier molecular flexibility index (Phi) is 4.37. The van der Waals surface area contributed by atoms with Crippen molar-refractivity contribution in [3.05, 3.63) is 0 Å². The fourth-order valence-electron chi connectivity index (χ4n) is 2.98. The van der Waals surface area contributed by atoms with Gasteiger partial charge in [-0.15, -0.1) is 0 Å². The van der Waals surface area contributed by atoms with Gasteiger partial charge in [0, 0.05) is 26.0 Å². The van der Waals surface area contributed by atoms with E-state index in [1.807, 2.05) is 6.92 Å². The highest BCUT2D eigenvalue weighted by Gasteiger charge is 2.52. The molecule has 96 valence electrons. The van der Waals surface area contributed by atoms with Gasteiger partial charge in [-0.25, -0.2) is 8.42 Å². The van der Waals surface area contributed by atoms with Gasteiger partial charge in [-0.05, 0) is 24.7 Å². The van der Waals surface area contributed by atoms with Gasteiger partial charge in [0.05, 0.1) is 4.75 Å². The van der Waals surface area contributed by atoms with Gasteiger partial charge in [0.25, 0.3) is 0 Å². The number of sulfone groups is 1. The van der Waals surface area contributed by atoms with Crippen LogP contribution in [-0.4, -0.2) is 39.2 Å². The van der Waals surface area contributed by atoms with E-state index in [1.54, 1.807) is 14.0 Å². The molecule has 0 saturated heterocycles. The van der Waals surface area contributed by atoms with Crippen LogP contribution in [0.2, 0.25) is 0 Å². The Morgan fingerprint density at radius 1 is 1.50 bits per heavy atom. The van der Waals surface area contributed by atoms with E-state index in [0.717, 1.165) is 6.42 Å². The first kappa shape index (κ1) is 13.9. The van der Waals surface area contributed by atoms with Crippen molar-refractivity contribution >= 4 is 9.84 Å². The third kappa shape index (κ3) is 2.13. The molecule has 0 aliphatic heterocycles. The molecule has 0 spiro atoms. The standard InChI is InChI=1S/C11H23NO3S/c1-4-16(13,14)11(8-12)6-10(7-15-3)5-9(11)2/h9-10H,4-8,12H2,1-3H3/t9-,10-,11+/m0/s1. The molecule has 0 aromatic carbocycles. The minimum absolute atomic E-state index is 0.127. The van der Waals surface area contributed by atoms with Gasteiger partial charge >= 0.3 is 0 Å². The molecule has 0 radical (unpaired) electrons. The molecule has 0 amide bonds. The molecule has 1 fully saturated rings. The van der Waals surface area contributed by atoms with Gasteiger partial charge in [0.2, 0.25) is 0 Å². The quantitative estimate of drug-likeness (QED) is 0.783. The first-order chi connectivity index (χ1) is 7.43. The predicted octanol–water partition coefficient (Wildman–Crippen LogP) is 0.811. The van der Waals surface area contributed by atoms with Gasteiger partial charge in [-0.3, -0.25) is 0 Å². The molecule has 16 heavy (non-hydrogen) atoms. The molecule has 1 aliphatic carbocycles. The van der Waals surface area contributed by atoms with Gasteiger partial charge < -0.3 is 10.5 Å². The van der Waals surface area contributed by atoms with Gasteiger partial charge in [-0.1, -0.05) is 13.8 Å². The molecule has 3 atom stereocenters. The Labute approximate surface area is 98.5 Å². The molecule has 1 saturated carbocycles. The van der Waals surface area contributed by atoms with Crippen LogP contribution in [-0.2, 0) is 14.6 Å². The number of nitrogens with two attached hydrogens (primary N) is 1. The Hall–Kier alpha value is -0.130. The van der Waals surface area contributed by atoms with Crippen LogP contribution in [0.4, 0.5) is 0 Å². The van der Waals surface area contributed by atoms with Crippen molar-refractivity contribution in [3.63, 3.8) is 0 Å². The molecule has 0 aromatic heterocycles. The largest absolute Gasteiger partial charge is 0.384 e. The summed E-state index contributed by atoms with van der Waals surface area (Å²) in [6.07, 6.45) is 1.54. The monoisotopic (exact) mass is 249 g/mol. The van der Waals surface area contributed by atoms with Crippen LogP contribution in [0.15, 0.2) is 0 Å². The Balaban J connectivity index is 2.98. The predicted molar refractivity (Wildman–Crippen MR) is 65.0 cm³/mol. The molecule has 1 rings (SSSR count). The van der Waals surface area contributed by atoms with E-state index in [0.29, 0.717) is 18.9 Å². The van der Waals surface area contributed by atoms with Crippen LogP contribution < -0.4 is 5.73 Å². The van der Waals surface area contributed by atoms with Crippen molar-refractivity contribution in [1.29, 1.82) is 0 Å². The molecule has 0 heterocycles. The fourth-order valence-corrected chi connectivity index (χ4v) is 5.01. The third-order valence-electron chi connectivity index (χ3n) is 3.97. The maximum absolute atomic E-state index is 12.2. The van der Waals surface area contributed by atoms with Crippen molar-refractivity contribution in [2.24, 2.45) is 17.6 Å². The second-order valence-corrected chi connectivity index (χ2v) is 7.45. The molecular formula is C11H23NO3S. The third-order valence-corrected chi connectivity index (χ3v) is 6.70. The summed E-state index contributed by atoms with van der Waals surface area (Å²) in [4.78, 5) is 0. The van der Waals surface area contributed by atoms with Crippen molar-refractivity contribution in [1.82, 2.24) is 0 Å². The van der Waals surface area contributed by atoms with Crippen molar-refractivity contribution < 1.29 is 13.2 Å². The lowest BCUT2D eigenvalue weighted by Gasteiger charge is -2.31. The van der Waals surface area contributed by atoms with Gasteiger partial charge in [-0.2, -0.15) is 0 Å². The topological polar surface area (TPSA) is 69.4 Å². The van der Waals surface area contributed by atoms with Gasteiger partial charge in [0.15, 0.2) is 9.84 Å². The average molecular weight is 249 g/mol. The minimum atomic E-state index is -3.09. The Bertz CT molecular complexity index is 328. The normalized spacial score (nSPS) is 35.5. The molecule has 0 bridgehead atoms. The second kappa shape index (κ2) is 5.02. The summed E-state index contributed by atoms with van der Waals surface area (Å²) in [6, 6.07) is 0. The lowest BCUT2D eigenvalue weighted by atomic mass is 9.97. The van der Waals surface area contributed by atoms with Crippen molar-refractivity contribution in [2.75, 3.05) is 26.0 Å². The van der Waals surface area contributed by atoms with Crippen LogP contribution in [0.3, 0.4) is 0 Å². The summed E-state index contributed by atoms with van der Waals surface area (Å²) in [5, 5.41) is 0. The summed E-state index contributed by atoms with van der Waals surface area (Å²) in [6.45, 7) is 4.55. The zero-order chi connectivity index (χ0) is 12.4. The highest BCUT2D eigenvalue weighted by Crippen LogP contribution is 2.44. The average Bonchev–Trinajstić information content (AvgIpc) is 2.57. The first-order valence-electron chi connectivity index (χ1n) is 5.84. The smallest absolute Gasteiger partial charge is 0.157 e. The molecular weight excluding hydrogens is 226 g/mol. The summed E-state index contributed by atoms with van der Waals surface area (Å²) >= 11 is 0. The van der Waals surface area contributed by atoms with Crippen LogP contribution in [0, 0.1) is 11.8 Å². The van der Waals surface area contributed by atoms with E-state index in [-0.39, 0.29) is 18.2 Å². The molecule has 5 heteroatoms. The van der Waals surface area contributed by atoms with Crippen LogP contribution in [0.5, 0.6) is 0 Å². The van der Waals surface area contributed by atoms with E-state index in [9.17, 15) is 8.42 Å². The maximum atomic E-state index is 12.2. The maximum Gasteiger partial charge on any atom is 0.157 e. The number of ether oxygens (including phenoxy) is 1. The summed E-state index contributed by atoms with van der Waals surface area (Å²) in [5.41, 5.74) is 5.76. The second-order valence-electron chi connectivity index (χ2n) is 4.83. The SMILES string of the molecule is CCS(=O)(=O)[C@@]1(CN)C[C@@H](COC)C[C@@H]1C. The number of hydrogen-bond donors (Lipinski definition) is 1. The number of hydrogen-bond acceptors (Lipinski definition) is 4. The van der Waals surface area contributed by atoms with Crippen LogP contribution in [0.25, 0.3) is 0 Å². The Morgan fingerprint density at radius 2 is 2.12 bits per heavy atom. The molecule has 0 unspecified atom stereocenters.